The van der Waals surface area contributed by atoms with E-state index in [-0.39, 0.29) is 5.92 Å². The summed E-state index contributed by atoms with van der Waals surface area (Å²) < 4.78 is 68.5. The minimum Gasteiger partial charge on any atom is -0.387 e. The molecule has 0 saturated carbocycles. The normalized spacial score (nSPS) is 19.6. The minimum absolute atomic E-state index is 0.217. The third-order valence-corrected chi connectivity index (χ3v) is 6.60. The van der Waals surface area contributed by atoms with E-state index in [1.807, 2.05) is 36.5 Å². The van der Waals surface area contributed by atoms with Crippen molar-refractivity contribution < 1.29 is 31.9 Å². The number of para-hydroxylation sites is 1. The fourth-order valence-electron chi connectivity index (χ4n) is 4.68. The molecule has 2 aromatic carbocycles. The van der Waals surface area contributed by atoms with Crippen LogP contribution in [0.25, 0.3) is 10.9 Å². The van der Waals surface area contributed by atoms with Crippen LogP contribution in [-0.4, -0.2) is 40.0 Å². The van der Waals surface area contributed by atoms with E-state index in [1.54, 1.807) is 17.2 Å². The van der Waals surface area contributed by atoms with Crippen LogP contribution in [-0.2, 0) is 4.79 Å². The number of hydrogen-bond donors (Lipinski definition) is 2. The van der Waals surface area contributed by atoms with Gasteiger partial charge in [0.15, 0.2) is 23.3 Å². The molecule has 1 aliphatic rings. The zero-order valence-electron chi connectivity index (χ0n) is 18.9. The number of aliphatic hydroxyl groups is 1. The number of piperidine rings is 1. The fourth-order valence-corrected chi connectivity index (χ4v) is 4.68. The average molecular weight is 493 g/mol. The Morgan fingerprint density at radius 2 is 1.71 bits per heavy atom. The van der Waals surface area contributed by atoms with Crippen LogP contribution in [0.5, 0.6) is 0 Å². The van der Waals surface area contributed by atoms with Crippen molar-refractivity contribution in [3.05, 3.63) is 71.2 Å². The summed E-state index contributed by atoms with van der Waals surface area (Å²) in [4.78, 5) is 18.7. The molecule has 0 aliphatic carbocycles. The van der Waals surface area contributed by atoms with Crippen molar-refractivity contribution in [3.63, 3.8) is 0 Å². The Bertz CT molecular complexity index is 1220. The first kappa shape index (κ1) is 25.0. The molecule has 3 unspecified atom stereocenters. The van der Waals surface area contributed by atoms with E-state index in [2.05, 4.69) is 4.98 Å². The topological polar surface area (TPSA) is 65.5 Å². The molecule has 0 radical (unpaired) electrons. The predicted octanol–water partition coefficient (Wildman–Crippen LogP) is 5.09. The highest BCUT2D eigenvalue weighted by Gasteiger charge is 2.35. The largest absolute Gasteiger partial charge is 0.387 e. The average Bonchev–Trinajstić information content (AvgIpc) is 2.88. The van der Waals surface area contributed by atoms with E-state index in [1.165, 1.54) is 0 Å². The maximum Gasteiger partial charge on any atom is 0.238 e. The van der Waals surface area contributed by atoms with Crippen molar-refractivity contribution in [3.8, 4) is 0 Å². The van der Waals surface area contributed by atoms with Gasteiger partial charge in [0, 0.05) is 24.2 Å². The quantitative estimate of drug-likeness (QED) is 0.285. The highest BCUT2D eigenvalue weighted by molar-refractivity contribution is 5.92. The number of aromatic nitrogens is 1. The number of halogens is 5. The minimum atomic E-state index is -2.30. The van der Waals surface area contributed by atoms with Crippen molar-refractivity contribution in [1.29, 1.82) is 0 Å². The molecule has 1 saturated heterocycles. The number of carbonyl (C=O) groups is 1. The van der Waals surface area contributed by atoms with Gasteiger partial charge in [0.1, 0.15) is 5.69 Å². The van der Waals surface area contributed by atoms with Gasteiger partial charge in [-0.05, 0) is 36.5 Å². The summed E-state index contributed by atoms with van der Waals surface area (Å²) in [7, 11) is 0. The SMILES string of the molecule is CCC1CCC(C(O)c2ccnc3ccccc23)N(CC(=O)Nc2c(F)c(F)c(F)c(F)c2F)C1. The molecule has 3 aromatic rings. The lowest BCUT2D eigenvalue weighted by Crippen LogP contribution is -2.49. The predicted molar refractivity (Wildman–Crippen MR) is 120 cm³/mol. The molecule has 2 heterocycles. The fraction of sp³-hybridized carbons (Fsp3) is 0.360. The van der Waals surface area contributed by atoms with E-state index in [9.17, 15) is 31.9 Å². The number of rotatable bonds is 6. The van der Waals surface area contributed by atoms with Crippen LogP contribution in [0.2, 0.25) is 0 Å². The van der Waals surface area contributed by atoms with E-state index in [0.29, 0.717) is 24.0 Å². The number of fused-ring (bicyclic) bond motifs is 1. The van der Waals surface area contributed by atoms with Crippen LogP contribution >= 0.6 is 0 Å². The van der Waals surface area contributed by atoms with E-state index in [0.717, 1.165) is 18.2 Å². The third-order valence-electron chi connectivity index (χ3n) is 6.60. The number of pyridine rings is 1. The zero-order chi connectivity index (χ0) is 25.3. The van der Waals surface area contributed by atoms with Gasteiger partial charge in [0.05, 0.1) is 18.2 Å². The molecular formula is C25H24F5N3O2. The molecule has 186 valence electrons. The van der Waals surface area contributed by atoms with E-state index < -0.39 is 59.4 Å². The second kappa shape index (κ2) is 10.2. The number of carbonyl (C=O) groups excluding carboxylic acids is 1. The van der Waals surface area contributed by atoms with Crippen molar-refractivity contribution in [2.45, 2.75) is 38.3 Å². The molecule has 1 aliphatic heterocycles. The lowest BCUT2D eigenvalue weighted by atomic mass is 9.86. The van der Waals surface area contributed by atoms with Crippen molar-refractivity contribution >= 4 is 22.5 Å². The van der Waals surface area contributed by atoms with Crippen LogP contribution in [0.3, 0.4) is 0 Å². The molecular weight excluding hydrogens is 469 g/mol. The Morgan fingerprint density at radius 3 is 2.40 bits per heavy atom. The number of nitrogens with zero attached hydrogens (tertiary/aromatic N) is 2. The molecule has 1 aromatic heterocycles. The Kier molecular flexibility index (Phi) is 7.32. The summed E-state index contributed by atoms with van der Waals surface area (Å²) in [5.41, 5.74) is -0.0738. The van der Waals surface area contributed by atoms with Gasteiger partial charge in [-0.2, -0.15) is 0 Å². The van der Waals surface area contributed by atoms with Crippen LogP contribution in [0.1, 0.15) is 37.9 Å². The molecule has 5 nitrogen and oxygen atoms in total. The molecule has 1 amide bonds. The zero-order valence-corrected chi connectivity index (χ0v) is 18.9. The molecule has 35 heavy (non-hydrogen) atoms. The molecule has 0 spiro atoms. The Labute approximate surface area is 198 Å². The molecule has 0 bridgehead atoms. The van der Waals surface area contributed by atoms with Gasteiger partial charge >= 0.3 is 0 Å². The molecule has 1 fully saturated rings. The summed E-state index contributed by atoms with van der Waals surface area (Å²) in [6.07, 6.45) is 2.75. The van der Waals surface area contributed by atoms with Crippen LogP contribution in [0.4, 0.5) is 27.6 Å². The van der Waals surface area contributed by atoms with Gasteiger partial charge < -0.3 is 10.4 Å². The summed E-state index contributed by atoms with van der Waals surface area (Å²) in [6.45, 7) is 2.01. The van der Waals surface area contributed by atoms with E-state index in [4.69, 9.17) is 0 Å². The Morgan fingerprint density at radius 1 is 1.06 bits per heavy atom. The number of nitrogens with one attached hydrogen (secondary N) is 1. The summed E-state index contributed by atoms with van der Waals surface area (Å²) in [5, 5.41) is 13.9. The van der Waals surface area contributed by atoms with Crippen LogP contribution in [0.15, 0.2) is 36.5 Å². The number of likely N-dealkylation sites (tertiary alicyclic amines) is 1. The molecule has 10 heteroatoms. The molecule has 3 atom stereocenters. The first-order chi connectivity index (χ1) is 16.7. The van der Waals surface area contributed by atoms with Crippen LogP contribution < -0.4 is 5.32 Å². The molecule has 4 rings (SSSR count). The lowest BCUT2D eigenvalue weighted by Gasteiger charge is -2.41. The number of aliphatic hydroxyl groups excluding tert-OH is 1. The first-order valence-electron chi connectivity index (χ1n) is 11.3. The van der Waals surface area contributed by atoms with Gasteiger partial charge in [-0.3, -0.25) is 14.7 Å². The monoisotopic (exact) mass is 493 g/mol. The van der Waals surface area contributed by atoms with Gasteiger partial charge in [0.25, 0.3) is 0 Å². The summed E-state index contributed by atoms with van der Waals surface area (Å²) >= 11 is 0. The lowest BCUT2D eigenvalue weighted by molar-refractivity contribution is -0.119. The molecule has 2 N–H and O–H groups in total. The van der Waals surface area contributed by atoms with Crippen LogP contribution in [0, 0.1) is 35.0 Å². The second-order valence-electron chi connectivity index (χ2n) is 8.70. The van der Waals surface area contributed by atoms with E-state index >= 15 is 0 Å². The standard InChI is InChI=1S/C25H24F5N3O2/c1-2-13-7-8-17(25(35)15-9-10-31-16-6-4-3-5-14(15)16)33(11-13)12-18(34)32-24-22(29)20(27)19(26)21(28)23(24)30/h3-6,9-10,13,17,25,35H,2,7-8,11-12H2,1H3,(H,32,34). The Hall–Kier alpha value is -3.11. The summed E-state index contributed by atoms with van der Waals surface area (Å²) in [6, 6.07) is 8.49. The first-order valence-corrected chi connectivity index (χ1v) is 11.3. The van der Waals surface area contributed by atoms with Gasteiger partial charge in [-0.15, -0.1) is 0 Å². The van der Waals surface area contributed by atoms with Crippen molar-refractivity contribution in [1.82, 2.24) is 9.88 Å². The van der Waals surface area contributed by atoms with Gasteiger partial charge in [-0.1, -0.05) is 31.5 Å². The maximum atomic E-state index is 14.0. The number of anilines is 1. The maximum absolute atomic E-state index is 14.0. The Balaban J connectivity index is 1.59. The van der Waals surface area contributed by atoms with Crippen molar-refractivity contribution in [2.24, 2.45) is 5.92 Å². The number of hydrogen-bond acceptors (Lipinski definition) is 4. The smallest absolute Gasteiger partial charge is 0.238 e. The highest BCUT2D eigenvalue weighted by atomic mass is 19.2. The van der Waals surface area contributed by atoms with Crippen molar-refractivity contribution in [2.75, 3.05) is 18.4 Å². The van der Waals surface area contributed by atoms with Gasteiger partial charge in [0.2, 0.25) is 11.7 Å². The second-order valence-corrected chi connectivity index (χ2v) is 8.70. The number of amides is 1. The third kappa shape index (κ3) is 4.85. The van der Waals surface area contributed by atoms with Gasteiger partial charge in [-0.25, -0.2) is 22.0 Å². The number of benzene rings is 2. The highest BCUT2D eigenvalue weighted by Crippen LogP contribution is 2.34. The summed E-state index contributed by atoms with van der Waals surface area (Å²) in [5.74, 6) is -11.5.